The van der Waals surface area contributed by atoms with Crippen molar-refractivity contribution in [3.8, 4) is 0 Å². The van der Waals surface area contributed by atoms with E-state index in [4.69, 9.17) is 4.74 Å². The standard InChI is InChI=1S/C14H23NO3S/c1-2-18-14(17)12-9-7-5-3-4-6-8-10-19-13(12)15-11-16/h11H,2-10H2,1H3,(H,15,16)/b13-12+. The number of ether oxygens (including phenoxy) is 1. The molecule has 1 amide bonds. The third-order valence-electron chi connectivity index (χ3n) is 3.05. The van der Waals surface area contributed by atoms with Crippen molar-refractivity contribution < 1.29 is 14.3 Å². The number of thioether (sulfide) groups is 1. The molecule has 0 fully saturated rings. The van der Waals surface area contributed by atoms with Crippen LogP contribution in [0.4, 0.5) is 0 Å². The fourth-order valence-electron chi connectivity index (χ4n) is 2.08. The van der Waals surface area contributed by atoms with Crippen molar-refractivity contribution in [3.05, 3.63) is 10.6 Å². The molecule has 19 heavy (non-hydrogen) atoms. The van der Waals surface area contributed by atoms with E-state index in [2.05, 4.69) is 5.32 Å². The Balaban J connectivity index is 2.84. The molecular formula is C14H23NO3S. The number of carbonyl (C=O) groups is 2. The fourth-order valence-corrected chi connectivity index (χ4v) is 3.12. The Morgan fingerprint density at radius 1 is 1.26 bits per heavy atom. The van der Waals surface area contributed by atoms with E-state index in [0.717, 1.165) is 25.0 Å². The van der Waals surface area contributed by atoms with Gasteiger partial charge in [-0.3, -0.25) is 4.79 Å². The van der Waals surface area contributed by atoms with Crippen molar-refractivity contribution in [1.29, 1.82) is 0 Å². The minimum atomic E-state index is -0.293. The van der Waals surface area contributed by atoms with Gasteiger partial charge in [0.15, 0.2) is 0 Å². The molecule has 0 aliphatic carbocycles. The van der Waals surface area contributed by atoms with Crippen molar-refractivity contribution in [1.82, 2.24) is 5.32 Å². The third-order valence-corrected chi connectivity index (χ3v) is 4.20. The Bertz CT molecular complexity index is 329. The molecule has 0 aromatic rings. The predicted molar refractivity (Wildman–Crippen MR) is 77.6 cm³/mol. The minimum Gasteiger partial charge on any atom is -0.463 e. The van der Waals surface area contributed by atoms with Gasteiger partial charge in [0.05, 0.1) is 17.2 Å². The van der Waals surface area contributed by atoms with Crippen LogP contribution in [-0.4, -0.2) is 24.7 Å². The summed E-state index contributed by atoms with van der Waals surface area (Å²) in [6, 6.07) is 0. The maximum absolute atomic E-state index is 12.0. The quantitative estimate of drug-likeness (QED) is 0.637. The molecule has 1 aliphatic rings. The highest BCUT2D eigenvalue weighted by Crippen LogP contribution is 2.25. The Hall–Kier alpha value is -0.970. The smallest absolute Gasteiger partial charge is 0.336 e. The largest absolute Gasteiger partial charge is 0.463 e. The van der Waals surface area contributed by atoms with E-state index in [1.54, 1.807) is 18.7 Å². The van der Waals surface area contributed by atoms with Crippen molar-refractivity contribution in [2.45, 2.75) is 51.9 Å². The second-order valence-electron chi connectivity index (χ2n) is 4.51. The van der Waals surface area contributed by atoms with Gasteiger partial charge in [-0.25, -0.2) is 4.79 Å². The van der Waals surface area contributed by atoms with Gasteiger partial charge in [0.1, 0.15) is 0 Å². The molecule has 1 rings (SSSR count). The Labute approximate surface area is 119 Å². The highest BCUT2D eigenvalue weighted by molar-refractivity contribution is 8.03. The summed E-state index contributed by atoms with van der Waals surface area (Å²) < 4.78 is 5.09. The first-order valence-corrected chi connectivity index (χ1v) is 8.01. The zero-order chi connectivity index (χ0) is 13.9. The van der Waals surface area contributed by atoms with Crippen LogP contribution in [0.5, 0.6) is 0 Å². The maximum Gasteiger partial charge on any atom is 0.336 e. The van der Waals surface area contributed by atoms with Gasteiger partial charge in [-0.1, -0.05) is 25.7 Å². The average Bonchev–Trinajstić information content (AvgIpc) is 2.44. The predicted octanol–water partition coefficient (Wildman–Crippen LogP) is 2.98. The first kappa shape index (κ1) is 16.1. The number of carbonyl (C=O) groups excluding carboxylic acids is 2. The molecule has 1 aliphatic heterocycles. The molecule has 0 bridgehead atoms. The lowest BCUT2D eigenvalue weighted by Crippen LogP contribution is -2.17. The second-order valence-corrected chi connectivity index (χ2v) is 5.62. The van der Waals surface area contributed by atoms with Gasteiger partial charge >= 0.3 is 5.97 Å². The number of hydrogen-bond acceptors (Lipinski definition) is 4. The van der Waals surface area contributed by atoms with Gasteiger partial charge in [-0.2, -0.15) is 0 Å². The molecule has 108 valence electrons. The summed E-state index contributed by atoms with van der Waals surface area (Å²) in [6.07, 6.45) is 8.23. The van der Waals surface area contributed by atoms with E-state index >= 15 is 0 Å². The normalized spacial score (nSPS) is 22.2. The minimum absolute atomic E-state index is 0.293. The van der Waals surface area contributed by atoms with E-state index in [1.165, 1.54) is 19.3 Å². The van der Waals surface area contributed by atoms with Crippen molar-refractivity contribution in [2.24, 2.45) is 0 Å². The Morgan fingerprint density at radius 2 is 1.95 bits per heavy atom. The zero-order valence-corrected chi connectivity index (χ0v) is 12.4. The van der Waals surface area contributed by atoms with Crippen LogP contribution < -0.4 is 5.32 Å². The summed E-state index contributed by atoms with van der Waals surface area (Å²) >= 11 is 1.55. The zero-order valence-electron chi connectivity index (χ0n) is 11.6. The molecule has 0 aromatic heterocycles. The molecule has 0 aromatic carbocycles. The van der Waals surface area contributed by atoms with Crippen LogP contribution in [0.2, 0.25) is 0 Å². The lowest BCUT2D eigenvalue weighted by Gasteiger charge is -2.12. The van der Waals surface area contributed by atoms with Crippen LogP contribution >= 0.6 is 11.8 Å². The summed E-state index contributed by atoms with van der Waals surface area (Å²) in [6.45, 7) is 2.16. The van der Waals surface area contributed by atoms with Crippen LogP contribution in [-0.2, 0) is 14.3 Å². The average molecular weight is 285 g/mol. The molecule has 4 nitrogen and oxygen atoms in total. The number of nitrogens with one attached hydrogen (secondary N) is 1. The topological polar surface area (TPSA) is 55.4 Å². The second kappa shape index (κ2) is 9.89. The number of esters is 1. The van der Waals surface area contributed by atoms with Crippen LogP contribution in [0.1, 0.15) is 51.9 Å². The van der Waals surface area contributed by atoms with Crippen LogP contribution in [0.15, 0.2) is 10.6 Å². The summed E-state index contributed by atoms with van der Waals surface area (Å²) in [5, 5.41) is 3.35. The van der Waals surface area contributed by atoms with Gasteiger partial charge in [0, 0.05) is 0 Å². The fraction of sp³-hybridized carbons (Fsp3) is 0.714. The molecule has 0 saturated heterocycles. The van der Waals surface area contributed by atoms with Gasteiger partial charge in [0.2, 0.25) is 6.41 Å². The van der Waals surface area contributed by atoms with Crippen molar-refractivity contribution in [2.75, 3.05) is 12.4 Å². The monoisotopic (exact) mass is 285 g/mol. The van der Waals surface area contributed by atoms with Crippen LogP contribution in [0.3, 0.4) is 0 Å². The van der Waals surface area contributed by atoms with Crippen molar-refractivity contribution in [3.63, 3.8) is 0 Å². The third kappa shape index (κ3) is 6.14. The summed E-state index contributed by atoms with van der Waals surface area (Å²) in [4.78, 5) is 22.7. The van der Waals surface area contributed by atoms with Gasteiger partial charge in [-0.15, -0.1) is 11.8 Å². The van der Waals surface area contributed by atoms with Crippen LogP contribution in [0.25, 0.3) is 0 Å². The van der Waals surface area contributed by atoms with E-state index in [1.807, 2.05) is 0 Å². The highest BCUT2D eigenvalue weighted by atomic mass is 32.2. The molecule has 1 heterocycles. The van der Waals surface area contributed by atoms with Gasteiger partial charge in [-0.05, 0) is 31.9 Å². The van der Waals surface area contributed by atoms with E-state index in [9.17, 15) is 9.59 Å². The van der Waals surface area contributed by atoms with E-state index in [0.29, 0.717) is 30.0 Å². The summed E-state index contributed by atoms with van der Waals surface area (Å²) in [5.74, 6) is 0.637. The van der Waals surface area contributed by atoms with E-state index in [-0.39, 0.29) is 5.97 Å². The molecule has 0 unspecified atom stereocenters. The van der Waals surface area contributed by atoms with Gasteiger partial charge in [0.25, 0.3) is 0 Å². The molecular weight excluding hydrogens is 262 g/mol. The van der Waals surface area contributed by atoms with Crippen molar-refractivity contribution >= 4 is 24.1 Å². The molecule has 0 saturated carbocycles. The molecule has 1 N–H and O–H groups in total. The van der Waals surface area contributed by atoms with Crippen LogP contribution in [0, 0.1) is 0 Å². The molecule has 0 atom stereocenters. The Morgan fingerprint density at radius 3 is 2.63 bits per heavy atom. The Kier molecular flexibility index (Phi) is 8.38. The maximum atomic E-state index is 12.0. The first-order valence-electron chi connectivity index (χ1n) is 7.02. The lowest BCUT2D eigenvalue weighted by atomic mass is 10.1. The number of rotatable bonds is 4. The summed E-state index contributed by atoms with van der Waals surface area (Å²) in [5.41, 5.74) is 0.626. The molecule has 0 radical (unpaired) electrons. The SMILES string of the molecule is CCOC(=O)/C1=C(\NC=O)SCCCCCCCC1. The first-order chi connectivity index (χ1) is 9.29. The number of hydrogen-bond donors (Lipinski definition) is 1. The molecule has 0 spiro atoms. The van der Waals surface area contributed by atoms with E-state index < -0.39 is 0 Å². The lowest BCUT2D eigenvalue weighted by molar-refractivity contribution is -0.138. The summed E-state index contributed by atoms with van der Waals surface area (Å²) in [7, 11) is 0. The number of amides is 1. The van der Waals surface area contributed by atoms with Gasteiger partial charge < -0.3 is 10.1 Å². The molecule has 5 heteroatoms. The highest BCUT2D eigenvalue weighted by Gasteiger charge is 2.17.